The molecule has 0 bridgehead atoms. The molecule has 0 aromatic heterocycles. The minimum atomic E-state index is -3.44. The van der Waals surface area contributed by atoms with E-state index in [9.17, 15) is 13.2 Å². The van der Waals surface area contributed by atoms with Crippen molar-refractivity contribution in [1.82, 2.24) is 9.03 Å². The topological polar surface area (TPSA) is 86.7 Å². The summed E-state index contributed by atoms with van der Waals surface area (Å²) < 4.78 is 28.0. The molecule has 0 unspecified atom stereocenters. The maximum Gasteiger partial charge on any atom is 0.306 e. The van der Waals surface area contributed by atoms with Crippen LogP contribution >= 0.6 is 0 Å². The molecule has 0 aromatic rings. The Balaban J connectivity index is 2.29. The molecule has 1 saturated heterocycles. The van der Waals surface area contributed by atoms with E-state index in [1.54, 1.807) is 0 Å². The molecule has 0 amide bonds. The van der Waals surface area contributed by atoms with Gasteiger partial charge in [0.15, 0.2) is 0 Å². The molecule has 0 atom stereocenters. The normalized spacial score (nSPS) is 18.6. The maximum absolute atomic E-state index is 12.0. The molecule has 118 valence electrons. The molecule has 1 aliphatic heterocycles. The van der Waals surface area contributed by atoms with Crippen LogP contribution in [0.2, 0.25) is 0 Å². The number of nitrogens with zero attached hydrogens (tertiary/aromatic N) is 1. The second-order valence-corrected chi connectivity index (χ2v) is 7.56. The Kier molecular flexibility index (Phi) is 6.91. The highest BCUT2D eigenvalue weighted by molar-refractivity contribution is 7.87. The summed E-state index contributed by atoms with van der Waals surface area (Å²) in [5.41, 5.74) is 0. The summed E-state index contributed by atoms with van der Waals surface area (Å²) in [5.74, 6) is -0.599. The van der Waals surface area contributed by atoms with E-state index in [4.69, 9.17) is 5.11 Å². The molecular weight excluding hydrogens is 280 g/mol. The summed E-state index contributed by atoms with van der Waals surface area (Å²) >= 11 is 0. The predicted molar refractivity (Wildman–Crippen MR) is 77.5 cm³/mol. The highest BCUT2D eigenvalue weighted by Crippen LogP contribution is 2.19. The van der Waals surface area contributed by atoms with E-state index in [0.29, 0.717) is 25.3 Å². The number of carbonyl (C=O) groups is 1. The van der Waals surface area contributed by atoms with E-state index in [1.165, 1.54) is 4.31 Å². The van der Waals surface area contributed by atoms with Gasteiger partial charge in [-0.15, -0.1) is 0 Å². The van der Waals surface area contributed by atoms with Crippen molar-refractivity contribution in [2.45, 2.75) is 46.0 Å². The van der Waals surface area contributed by atoms with Gasteiger partial charge in [-0.25, -0.2) is 4.72 Å². The van der Waals surface area contributed by atoms with Crippen molar-refractivity contribution in [2.24, 2.45) is 11.8 Å². The molecule has 1 rings (SSSR count). The van der Waals surface area contributed by atoms with E-state index in [1.807, 2.05) is 0 Å². The van der Waals surface area contributed by atoms with Crippen molar-refractivity contribution < 1.29 is 18.3 Å². The van der Waals surface area contributed by atoms with Crippen LogP contribution in [0.3, 0.4) is 0 Å². The third-order valence-corrected chi connectivity index (χ3v) is 5.25. The Hall–Kier alpha value is -0.660. The average molecular weight is 306 g/mol. The molecule has 1 fully saturated rings. The second-order valence-electron chi connectivity index (χ2n) is 5.80. The Morgan fingerprint density at radius 3 is 2.40 bits per heavy atom. The lowest BCUT2D eigenvalue weighted by atomic mass is 9.99. The highest BCUT2D eigenvalue weighted by atomic mass is 32.2. The minimum Gasteiger partial charge on any atom is -0.481 e. The number of unbranched alkanes of at least 4 members (excludes halogenated alkanes) is 1. The average Bonchev–Trinajstić information content (AvgIpc) is 2.38. The molecule has 7 heteroatoms. The van der Waals surface area contributed by atoms with Crippen LogP contribution in [0, 0.1) is 11.8 Å². The van der Waals surface area contributed by atoms with Crippen LogP contribution in [0.25, 0.3) is 0 Å². The van der Waals surface area contributed by atoms with Crippen molar-refractivity contribution in [3.05, 3.63) is 0 Å². The van der Waals surface area contributed by atoms with Gasteiger partial charge >= 0.3 is 5.97 Å². The predicted octanol–water partition coefficient (Wildman–Crippen LogP) is 1.44. The first-order chi connectivity index (χ1) is 9.33. The summed E-state index contributed by atoms with van der Waals surface area (Å²) in [5, 5.41) is 8.89. The van der Waals surface area contributed by atoms with Gasteiger partial charge in [0.2, 0.25) is 0 Å². The zero-order valence-electron chi connectivity index (χ0n) is 12.3. The van der Waals surface area contributed by atoms with Gasteiger partial charge in [0, 0.05) is 19.6 Å². The molecule has 6 nitrogen and oxygen atoms in total. The standard InChI is InChI=1S/C13H26N2O4S/c1-11(2)5-3-4-8-14-20(18,19)15-9-6-12(7-10-15)13(16)17/h11-12,14H,3-10H2,1-2H3,(H,16,17). The smallest absolute Gasteiger partial charge is 0.306 e. The van der Waals surface area contributed by atoms with Crippen molar-refractivity contribution in [3.63, 3.8) is 0 Å². The van der Waals surface area contributed by atoms with Gasteiger partial charge < -0.3 is 5.11 Å². The molecule has 20 heavy (non-hydrogen) atoms. The molecular formula is C13H26N2O4S. The Morgan fingerprint density at radius 2 is 1.90 bits per heavy atom. The molecule has 1 heterocycles. The fraction of sp³-hybridized carbons (Fsp3) is 0.923. The third-order valence-electron chi connectivity index (χ3n) is 3.64. The quantitative estimate of drug-likeness (QED) is 0.664. The van der Waals surface area contributed by atoms with Crippen LogP contribution in [0.15, 0.2) is 0 Å². The Morgan fingerprint density at radius 1 is 1.30 bits per heavy atom. The minimum absolute atomic E-state index is 0.290. The fourth-order valence-corrected chi connectivity index (χ4v) is 3.59. The van der Waals surface area contributed by atoms with Crippen LogP contribution in [-0.4, -0.2) is 43.4 Å². The maximum atomic E-state index is 12.0. The monoisotopic (exact) mass is 306 g/mol. The van der Waals surface area contributed by atoms with Crippen LogP contribution in [0.4, 0.5) is 0 Å². The van der Waals surface area contributed by atoms with Crippen molar-refractivity contribution >= 4 is 16.2 Å². The van der Waals surface area contributed by atoms with Crippen molar-refractivity contribution in [3.8, 4) is 0 Å². The van der Waals surface area contributed by atoms with E-state index < -0.39 is 22.1 Å². The summed E-state index contributed by atoms with van der Waals surface area (Å²) in [6.07, 6.45) is 3.74. The SMILES string of the molecule is CC(C)CCCCNS(=O)(=O)N1CCC(C(=O)O)CC1. The van der Waals surface area contributed by atoms with Crippen LogP contribution in [-0.2, 0) is 15.0 Å². The molecule has 0 aliphatic carbocycles. The van der Waals surface area contributed by atoms with Crippen molar-refractivity contribution in [1.29, 1.82) is 0 Å². The Labute approximate surface area is 121 Å². The molecule has 0 aromatic carbocycles. The summed E-state index contributed by atoms with van der Waals surface area (Å²) in [7, 11) is -3.44. The molecule has 0 saturated carbocycles. The molecule has 0 spiro atoms. The lowest BCUT2D eigenvalue weighted by Crippen LogP contribution is -2.46. The van der Waals surface area contributed by atoms with Gasteiger partial charge in [-0.1, -0.05) is 26.7 Å². The number of carboxylic acids is 1. The first kappa shape index (κ1) is 17.4. The summed E-state index contributed by atoms with van der Waals surface area (Å²) in [6.45, 7) is 5.33. The number of aliphatic carboxylic acids is 1. The zero-order valence-corrected chi connectivity index (χ0v) is 13.2. The number of hydrogen-bond donors (Lipinski definition) is 2. The number of nitrogens with one attached hydrogen (secondary N) is 1. The number of piperidine rings is 1. The van der Waals surface area contributed by atoms with Gasteiger partial charge in [-0.3, -0.25) is 4.79 Å². The van der Waals surface area contributed by atoms with E-state index in [2.05, 4.69) is 18.6 Å². The van der Waals surface area contributed by atoms with Crippen LogP contribution in [0.5, 0.6) is 0 Å². The molecule has 0 radical (unpaired) electrons. The number of rotatable bonds is 8. The fourth-order valence-electron chi connectivity index (χ4n) is 2.31. The van der Waals surface area contributed by atoms with E-state index in [0.717, 1.165) is 19.3 Å². The highest BCUT2D eigenvalue weighted by Gasteiger charge is 2.30. The molecule has 2 N–H and O–H groups in total. The van der Waals surface area contributed by atoms with Gasteiger partial charge in [0.25, 0.3) is 10.2 Å². The van der Waals surface area contributed by atoms with E-state index >= 15 is 0 Å². The second kappa shape index (κ2) is 7.95. The first-order valence-electron chi connectivity index (χ1n) is 7.30. The lowest BCUT2D eigenvalue weighted by molar-refractivity contribution is -0.142. The van der Waals surface area contributed by atoms with E-state index in [-0.39, 0.29) is 13.1 Å². The number of hydrogen-bond acceptors (Lipinski definition) is 3. The van der Waals surface area contributed by atoms with Gasteiger partial charge in [0.05, 0.1) is 5.92 Å². The third kappa shape index (κ3) is 5.76. The summed E-state index contributed by atoms with van der Waals surface area (Å²) in [4.78, 5) is 10.8. The zero-order chi connectivity index (χ0) is 15.2. The first-order valence-corrected chi connectivity index (χ1v) is 8.74. The van der Waals surface area contributed by atoms with Crippen molar-refractivity contribution in [2.75, 3.05) is 19.6 Å². The number of carboxylic acid groups (broad SMARTS) is 1. The van der Waals surface area contributed by atoms with Crippen LogP contribution in [0.1, 0.15) is 46.0 Å². The van der Waals surface area contributed by atoms with Gasteiger partial charge in [-0.2, -0.15) is 12.7 Å². The largest absolute Gasteiger partial charge is 0.481 e. The molecule has 1 aliphatic rings. The van der Waals surface area contributed by atoms with Gasteiger partial charge in [0.1, 0.15) is 0 Å². The van der Waals surface area contributed by atoms with Gasteiger partial charge in [-0.05, 0) is 25.2 Å². The Bertz CT molecular complexity index is 401. The summed E-state index contributed by atoms with van der Waals surface area (Å²) in [6, 6.07) is 0. The van der Waals surface area contributed by atoms with Crippen LogP contribution < -0.4 is 4.72 Å². The lowest BCUT2D eigenvalue weighted by Gasteiger charge is -2.29.